The van der Waals surface area contributed by atoms with Gasteiger partial charge in [-0.25, -0.2) is 0 Å². The third-order valence-corrected chi connectivity index (χ3v) is 3.63. The van der Waals surface area contributed by atoms with Gasteiger partial charge in [0, 0.05) is 19.7 Å². The molecular weight excluding hydrogens is 254 g/mol. The summed E-state index contributed by atoms with van der Waals surface area (Å²) < 4.78 is 11.2. The van der Waals surface area contributed by atoms with Crippen LogP contribution in [0.3, 0.4) is 0 Å². The van der Waals surface area contributed by atoms with Crippen LogP contribution in [0.5, 0.6) is 5.75 Å². The predicted molar refractivity (Wildman–Crippen MR) is 77.9 cm³/mol. The van der Waals surface area contributed by atoms with Crippen molar-refractivity contribution >= 4 is 5.91 Å². The van der Waals surface area contributed by atoms with E-state index in [1.54, 1.807) is 0 Å². The second kappa shape index (κ2) is 7.29. The molecule has 0 aliphatic carbocycles. The minimum atomic E-state index is 0.0197. The van der Waals surface area contributed by atoms with E-state index >= 15 is 0 Å². The van der Waals surface area contributed by atoms with Crippen LogP contribution >= 0.6 is 0 Å². The normalized spacial score (nSPS) is 18.0. The summed E-state index contributed by atoms with van der Waals surface area (Å²) in [7, 11) is 0. The molecule has 110 valence electrons. The summed E-state index contributed by atoms with van der Waals surface area (Å²) in [5, 5.41) is 0. The Kier molecular flexibility index (Phi) is 5.41. The Bertz CT molecular complexity index is 441. The molecule has 2 rings (SSSR count). The fourth-order valence-corrected chi connectivity index (χ4v) is 2.39. The van der Waals surface area contributed by atoms with Crippen molar-refractivity contribution in [3.63, 3.8) is 0 Å². The Hall–Kier alpha value is -1.55. The molecule has 1 saturated heterocycles. The number of carbonyl (C=O) groups is 1. The van der Waals surface area contributed by atoms with E-state index in [0.717, 1.165) is 30.8 Å². The van der Waals surface area contributed by atoms with E-state index < -0.39 is 0 Å². The molecule has 1 fully saturated rings. The minimum Gasteiger partial charge on any atom is -0.484 e. The van der Waals surface area contributed by atoms with Gasteiger partial charge in [0.2, 0.25) is 0 Å². The van der Waals surface area contributed by atoms with Crippen LogP contribution in [0.1, 0.15) is 25.3 Å². The van der Waals surface area contributed by atoms with Gasteiger partial charge in [0.25, 0.3) is 5.91 Å². The zero-order valence-corrected chi connectivity index (χ0v) is 12.3. The topological polar surface area (TPSA) is 38.8 Å². The molecule has 1 unspecified atom stereocenters. The second-order valence-corrected chi connectivity index (χ2v) is 5.12. The van der Waals surface area contributed by atoms with E-state index in [0.29, 0.717) is 13.1 Å². The Morgan fingerprint density at radius 1 is 1.45 bits per heavy atom. The highest BCUT2D eigenvalue weighted by Gasteiger charge is 2.21. The number of ether oxygens (including phenoxy) is 2. The number of rotatable bonds is 6. The monoisotopic (exact) mass is 277 g/mol. The fourth-order valence-electron chi connectivity index (χ4n) is 2.39. The molecule has 4 nitrogen and oxygen atoms in total. The van der Waals surface area contributed by atoms with Crippen LogP contribution in [0, 0.1) is 6.92 Å². The van der Waals surface area contributed by atoms with Gasteiger partial charge in [-0.3, -0.25) is 4.79 Å². The molecule has 0 spiro atoms. The van der Waals surface area contributed by atoms with Crippen LogP contribution in [-0.4, -0.2) is 43.2 Å². The number of amides is 1. The lowest BCUT2D eigenvalue weighted by atomic mass is 10.2. The number of aryl methyl sites for hydroxylation is 1. The summed E-state index contributed by atoms with van der Waals surface area (Å²) in [6, 6.07) is 7.74. The van der Waals surface area contributed by atoms with Crippen molar-refractivity contribution < 1.29 is 14.3 Å². The smallest absolute Gasteiger partial charge is 0.260 e. The quantitative estimate of drug-likeness (QED) is 0.801. The van der Waals surface area contributed by atoms with Gasteiger partial charge in [0.05, 0.1) is 6.10 Å². The SMILES string of the molecule is CCN(CC1CCCO1)C(=O)COc1ccccc1C. The number of likely N-dealkylation sites (N-methyl/N-ethyl adjacent to an activating group) is 1. The Labute approximate surface area is 120 Å². The van der Waals surface area contributed by atoms with E-state index in [9.17, 15) is 4.79 Å². The van der Waals surface area contributed by atoms with Gasteiger partial charge in [-0.2, -0.15) is 0 Å². The maximum absolute atomic E-state index is 12.2. The number of nitrogens with zero attached hydrogens (tertiary/aromatic N) is 1. The van der Waals surface area contributed by atoms with E-state index in [1.807, 2.05) is 43.0 Å². The standard InChI is InChI=1S/C16H23NO3/c1-3-17(11-14-8-6-10-19-14)16(18)12-20-15-9-5-4-7-13(15)2/h4-5,7,9,14H,3,6,8,10-12H2,1-2H3. The number of hydrogen-bond donors (Lipinski definition) is 0. The van der Waals surface area contributed by atoms with Crippen molar-refractivity contribution in [2.75, 3.05) is 26.3 Å². The van der Waals surface area contributed by atoms with Crippen LogP contribution in [-0.2, 0) is 9.53 Å². The molecule has 1 aromatic carbocycles. The first-order valence-electron chi connectivity index (χ1n) is 7.28. The summed E-state index contributed by atoms with van der Waals surface area (Å²) >= 11 is 0. The highest BCUT2D eigenvalue weighted by atomic mass is 16.5. The summed E-state index contributed by atoms with van der Waals surface area (Å²) in [4.78, 5) is 14.0. The van der Waals surface area contributed by atoms with Gasteiger partial charge in [-0.15, -0.1) is 0 Å². The average molecular weight is 277 g/mol. The third kappa shape index (κ3) is 3.97. The zero-order valence-electron chi connectivity index (χ0n) is 12.3. The summed E-state index contributed by atoms with van der Waals surface area (Å²) in [6.07, 6.45) is 2.33. The van der Waals surface area contributed by atoms with Gasteiger partial charge in [0.15, 0.2) is 6.61 Å². The molecular formula is C16H23NO3. The van der Waals surface area contributed by atoms with Crippen molar-refractivity contribution in [1.29, 1.82) is 0 Å². The molecule has 4 heteroatoms. The van der Waals surface area contributed by atoms with E-state index in [-0.39, 0.29) is 18.6 Å². The molecule has 1 atom stereocenters. The molecule has 1 aliphatic rings. The highest BCUT2D eigenvalue weighted by Crippen LogP contribution is 2.17. The molecule has 1 heterocycles. The lowest BCUT2D eigenvalue weighted by Crippen LogP contribution is -2.39. The molecule has 1 aliphatic heterocycles. The minimum absolute atomic E-state index is 0.0197. The summed E-state index contributed by atoms with van der Waals surface area (Å²) in [6.45, 7) is 6.23. The van der Waals surface area contributed by atoms with Gasteiger partial charge < -0.3 is 14.4 Å². The first kappa shape index (κ1) is 14.9. The molecule has 0 N–H and O–H groups in total. The number of para-hydroxylation sites is 1. The molecule has 0 bridgehead atoms. The second-order valence-electron chi connectivity index (χ2n) is 5.12. The first-order chi connectivity index (χ1) is 9.70. The largest absolute Gasteiger partial charge is 0.484 e. The molecule has 20 heavy (non-hydrogen) atoms. The predicted octanol–water partition coefficient (Wildman–Crippen LogP) is 2.40. The van der Waals surface area contributed by atoms with Crippen LogP contribution < -0.4 is 4.74 Å². The average Bonchev–Trinajstić information content (AvgIpc) is 2.96. The number of hydrogen-bond acceptors (Lipinski definition) is 3. The van der Waals surface area contributed by atoms with Crippen molar-refractivity contribution in [2.45, 2.75) is 32.8 Å². The molecule has 1 aromatic rings. The van der Waals surface area contributed by atoms with Crippen LogP contribution in [0.25, 0.3) is 0 Å². The van der Waals surface area contributed by atoms with Crippen molar-refractivity contribution in [3.8, 4) is 5.75 Å². The lowest BCUT2D eigenvalue weighted by molar-refractivity contribution is -0.134. The van der Waals surface area contributed by atoms with E-state index in [1.165, 1.54) is 0 Å². The molecule has 1 amide bonds. The molecule has 0 radical (unpaired) electrons. The van der Waals surface area contributed by atoms with Gasteiger partial charge >= 0.3 is 0 Å². The molecule has 0 aromatic heterocycles. The van der Waals surface area contributed by atoms with Crippen molar-refractivity contribution in [3.05, 3.63) is 29.8 Å². The van der Waals surface area contributed by atoms with E-state index in [4.69, 9.17) is 9.47 Å². The van der Waals surface area contributed by atoms with Crippen LogP contribution in [0.15, 0.2) is 24.3 Å². The maximum atomic E-state index is 12.2. The first-order valence-corrected chi connectivity index (χ1v) is 7.28. The van der Waals surface area contributed by atoms with E-state index in [2.05, 4.69) is 0 Å². The Morgan fingerprint density at radius 2 is 2.25 bits per heavy atom. The number of carbonyl (C=O) groups excluding carboxylic acids is 1. The van der Waals surface area contributed by atoms with Crippen LogP contribution in [0.4, 0.5) is 0 Å². The van der Waals surface area contributed by atoms with Gasteiger partial charge in [0.1, 0.15) is 5.75 Å². The molecule has 0 saturated carbocycles. The van der Waals surface area contributed by atoms with Crippen molar-refractivity contribution in [1.82, 2.24) is 4.90 Å². The highest BCUT2D eigenvalue weighted by molar-refractivity contribution is 5.77. The fraction of sp³-hybridized carbons (Fsp3) is 0.562. The summed E-state index contributed by atoms with van der Waals surface area (Å²) in [5.74, 6) is 0.792. The third-order valence-electron chi connectivity index (χ3n) is 3.63. The Morgan fingerprint density at radius 3 is 2.90 bits per heavy atom. The van der Waals surface area contributed by atoms with Crippen molar-refractivity contribution in [2.24, 2.45) is 0 Å². The van der Waals surface area contributed by atoms with Crippen LogP contribution in [0.2, 0.25) is 0 Å². The summed E-state index contributed by atoms with van der Waals surface area (Å²) in [5.41, 5.74) is 1.04. The Balaban J connectivity index is 1.84. The number of benzene rings is 1. The van der Waals surface area contributed by atoms with Gasteiger partial charge in [-0.1, -0.05) is 18.2 Å². The zero-order chi connectivity index (χ0) is 14.4. The maximum Gasteiger partial charge on any atom is 0.260 e. The van der Waals surface area contributed by atoms with Gasteiger partial charge in [-0.05, 0) is 38.3 Å². The lowest BCUT2D eigenvalue weighted by Gasteiger charge is -2.24.